The number of thiol groups is 2. The summed E-state index contributed by atoms with van der Waals surface area (Å²) in [7, 11) is -2.42. The Kier molecular flexibility index (Phi) is 11.5. The second kappa shape index (κ2) is 15.1. The third kappa shape index (κ3) is 8.55. The van der Waals surface area contributed by atoms with Gasteiger partial charge in [0.15, 0.2) is 0 Å². The second-order valence-corrected chi connectivity index (χ2v) is 13.3. The van der Waals surface area contributed by atoms with Gasteiger partial charge in [0, 0.05) is 0 Å². The minimum atomic E-state index is -2.42. The van der Waals surface area contributed by atoms with Crippen molar-refractivity contribution in [1.82, 2.24) is 5.32 Å². The zero-order chi connectivity index (χ0) is 27.2. The van der Waals surface area contributed by atoms with Crippen molar-refractivity contribution < 1.29 is 4.79 Å². The van der Waals surface area contributed by atoms with Crippen molar-refractivity contribution >= 4 is 76.6 Å². The predicted octanol–water partition coefficient (Wildman–Crippen LogP) is 2.44. The zero-order valence-electron chi connectivity index (χ0n) is 20.8. The fraction of sp³-hybridized carbons (Fsp3) is 0.148. The summed E-state index contributed by atoms with van der Waals surface area (Å²) in [4.78, 5) is 12.8. The van der Waals surface area contributed by atoms with Gasteiger partial charge in [-0.3, -0.25) is 0 Å². The number of nitrogens with zero attached hydrogens (tertiary/aromatic N) is 4. The Labute approximate surface area is 234 Å². The fourth-order valence-corrected chi connectivity index (χ4v) is 8.98. The first kappa shape index (κ1) is 29.1. The van der Waals surface area contributed by atoms with Crippen LogP contribution in [0.25, 0.3) is 0 Å². The van der Waals surface area contributed by atoms with Gasteiger partial charge in [-0.15, -0.1) is 0 Å². The summed E-state index contributed by atoms with van der Waals surface area (Å²) in [5, 5.41) is 22.1. The van der Waals surface area contributed by atoms with E-state index in [4.69, 9.17) is 11.5 Å². The van der Waals surface area contributed by atoms with E-state index in [1.165, 1.54) is 22.1 Å². The summed E-state index contributed by atoms with van der Waals surface area (Å²) in [6.45, 7) is 0.520. The Balaban J connectivity index is 1.79. The SMILES string of the molecule is N/C(S)=N/N=C/C(CCC(=O)NCC[PH](c1ccccc1)(c1ccccc1)c1ccccc1)=N/N=C(/N)S. The molecule has 0 spiro atoms. The van der Waals surface area contributed by atoms with Crippen LogP contribution in [0, 0.1) is 0 Å². The van der Waals surface area contributed by atoms with Crippen molar-refractivity contribution in [1.29, 1.82) is 0 Å². The summed E-state index contributed by atoms with van der Waals surface area (Å²) in [5.74, 6) is -0.108. The summed E-state index contributed by atoms with van der Waals surface area (Å²) in [6.07, 6.45) is 2.62. The average molecular weight is 566 g/mol. The molecule has 0 bridgehead atoms. The van der Waals surface area contributed by atoms with Crippen LogP contribution in [0.4, 0.5) is 0 Å². The molecule has 5 N–H and O–H groups in total. The van der Waals surface area contributed by atoms with Gasteiger partial charge >= 0.3 is 235 Å². The Morgan fingerprint density at radius 2 is 1.21 bits per heavy atom. The molecule has 198 valence electrons. The van der Waals surface area contributed by atoms with Crippen LogP contribution in [0.3, 0.4) is 0 Å². The molecule has 38 heavy (non-hydrogen) atoms. The molecule has 0 aliphatic carbocycles. The second-order valence-electron chi connectivity index (χ2n) is 8.36. The van der Waals surface area contributed by atoms with Gasteiger partial charge in [-0.05, 0) is 0 Å². The molecule has 0 heterocycles. The summed E-state index contributed by atoms with van der Waals surface area (Å²) >= 11 is 7.77. The van der Waals surface area contributed by atoms with Gasteiger partial charge < -0.3 is 0 Å². The van der Waals surface area contributed by atoms with E-state index in [0.29, 0.717) is 12.3 Å². The quantitative estimate of drug-likeness (QED) is 0.0760. The first-order chi connectivity index (χ1) is 18.4. The molecule has 0 radical (unpaired) electrons. The van der Waals surface area contributed by atoms with Crippen LogP contribution in [-0.2, 0) is 4.79 Å². The Hall–Kier alpha value is -3.46. The van der Waals surface area contributed by atoms with Crippen molar-refractivity contribution in [3.05, 3.63) is 91.0 Å². The molecule has 0 aliphatic rings. The van der Waals surface area contributed by atoms with Crippen molar-refractivity contribution in [2.45, 2.75) is 12.8 Å². The standard InChI is InChI=1S/C27H32N7OPS2/c28-26(37)33-31-20-21(32-34-27(29)38)16-17-25(35)30-18-19-36(22-10-4-1-5-11-22,23-12-6-2-7-13-23)24-14-8-3-9-15-24/h1-15,20,36H,16-19H2,(H,30,35)(H3,28,33,37)(H3,29,34,38)/b31-20+,32-21+. The molecular weight excluding hydrogens is 533 g/mol. The van der Waals surface area contributed by atoms with Crippen LogP contribution in [0.1, 0.15) is 12.8 Å². The van der Waals surface area contributed by atoms with Gasteiger partial charge in [0.25, 0.3) is 0 Å². The Bertz CT molecular complexity index is 1200. The van der Waals surface area contributed by atoms with E-state index in [0.717, 1.165) is 6.16 Å². The third-order valence-corrected chi connectivity index (χ3v) is 11.0. The van der Waals surface area contributed by atoms with Crippen molar-refractivity contribution in [2.24, 2.45) is 31.9 Å². The van der Waals surface area contributed by atoms with Gasteiger partial charge in [0.05, 0.1) is 0 Å². The van der Waals surface area contributed by atoms with Crippen LogP contribution in [0.15, 0.2) is 111 Å². The molecule has 0 atom stereocenters. The minimum absolute atomic E-state index is 0.00143. The van der Waals surface area contributed by atoms with Crippen LogP contribution >= 0.6 is 32.5 Å². The van der Waals surface area contributed by atoms with Crippen LogP contribution in [0.2, 0.25) is 0 Å². The first-order valence-electron chi connectivity index (χ1n) is 12.0. The van der Waals surface area contributed by atoms with Gasteiger partial charge in [-0.2, -0.15) is 0 Å². The summed E-state index contributed by atoms with van der Waals surface area (Å²) in [6, 6.07) is 31.8. The van der Waals surface area contributed by atoms with Crippen molar-refractivity contribution in [3.63, 3.8) is 0 Å². The molecule has 3 rings (SSSR count). The van der Waals surface area contributed by atoms with Crippen molar-refractivity contribution in [2.75, 3.05) is 12.7 Å². The third-order valence-electron chi connectivity index (χ3n) is 5.88. The van der Waals surface area contributed by atoms with Gasteiger partial charge in [0.1, 0.15) is 0 Å². The normalized spacial score (nSPS) is 13.5. The maximum absolute atomic E-state index is 12.8. The topological polar surface area (TPSA) is 131 Å². The number of benzene rings is 3. The monoisotopic (exact) mass is 565 g/mol. The van der Waals surface area contributed by atoms with Crippen LogP contribution < -0.4 is 32.7 Å². The van der Waals surface area contributed by atoms with Gasteiger partial charge in [-0.1, -0.05) is 0 Å². The number of carbonyl (C=O) groups excluding carboxylic acids is 1. The molecule has 8 nitrogen and oxygen atoms in total. The molecule has 0 aromatic heterocycles. The maximum atomic E-state index is 12.8. The molecule has 0 saturated heterocycles. The van der Waals surface area contributed by atoms with E-state index in [1.807, 2.05) is 18.2 Å². The molecule has 0 aliphatic heterocycles. The van der Waals surface area contributed by atoms with E-state index >= 15 is 0 Å². The average Bonchev–Trinajstić information content (AvgIpc) is 2.93. The molecule has 3 aromatic carbocycles. The molecule has 0 saturated carbocycles. The fourth-order valence-electron chi connectivity index (χ4n) is 4.23. The molecule has 0 unspecified atom stereocenters. The molecule has 1 amide bonds. The number of amidine groups is 2. The molecule has 0 fully saturated rings. The first-order valence-corrected chi connectivity index (χ1v) is 15.1. The number of rotatable bonds is 12. The van der Waals surface area contributed by atoms with Crippen LogP contribution in [0.5, 0.6) is 0 Å². The number of nitrogens with one attached hydrogen (secondary N) is 1. The number of amides is 1. The number of hydrogen-bond donors (Lipinski definition) is 5. The van der Waals surface area contributed by atoms with E-state index in [2.05, 4.69) is 124 Å². The van der Waals surface area contributed by atoms with E-state index in [9.17, 15) is 4.79 Å². The van der Waals surface area contributed by atoms with Gasteiger partial charge in [-0.25, -0.2) is 0 Å². The molecular formula is C27H32N7OPS2. The van der Waals surface area contributed by atoms with Gasteiger partial charge in [0.2, 0.25) is 0 Å². The molecule has 3 aromatic rings. The molecule has 11 heteroatoms. The number of carbonyl (C=O) groups is 1. The van der Waals surface area contributed by atoms with E-state index in [1.54, 1.807) is 0 Å². The number of nitrogens with two attached hydrogens (primary N) is 2. The van der Waals surface area contributed by atoms with E-state index < -0.39 is 7.26 Å². The van der Waals surface area contributed by atoms with Crippen LogP contribution in [-0.4, -0.2) is 40.9 Å². The zero-order valence-corrected chi connectivity index (χ0v) is 23.6. The summed E-state index contributed by atoms with van der Waals surface area (Å²) in [5.41, 5.74) is 11.2. The number of hydrogen-bond acceptors (Lipinski definition) is 5. The van der Waals surface area contributed by atoms with Crippen molar-refractivity contribution in [3.8, 4) is 0 Å². The van der Waals surface area contributed by atoms with E-state index in [-0.39, 0.29) is 29.1 Å². The Morgan fingerprint density at radius 1 is 0.737 bits per heavy atom. The summed E-state index contributed by atoms with van der Waals surface area (Å²) < 4.78 is 0. The predicted molar refractivity (Wildman–Crippen MR) is 171 cm³/mol. The Morgan fingerprint density at radius 3 is 1.66 bits per heavy atom.